The van der Waals surface area contributed by atoms with Crippen LogP contribution in [0.3, 0.4) is 0 Å². The summed E-state index contributed by atoms with van der Waals surface area (Å²) in [7, 11) is -5.30. The smallest absolute Gasteiger partial charge is 0.313 e. The van der Waals surface area contributed by atoms with Crippen LogP contribution in [-0.4, -0.2) is 99.1 Å². The normalized spacial score (nSPS) is 10.6. The molecule has 0 bridgehead atoms. The van der Waals surface area contributed by atoms with Crippen LogP contribution < -0.4 is 0 Å². The molecule has 15 nitrogen and oxygen atoms in total. The average Bonchev–Trinajstić information content (AvgIpc) is 3.08. The first kappa shape index (κ1) is 64.9. The van der Waals surface area contributed by atoms with E-state index < -0.39 is 43.0 Å². The molecule has 0 radical (unpaired) electrons. The Hall–Kier alpha value is 2.07. The predicted octanol–water partition coefficient (Wildman–Crippen LogP) is 11.6. The van der Waals surface area contributed by atoms with E-state index in [1.54, 1.807) is 0 Å². The van der Waals surface area contributed by atoms with E-state index in [9.17, 15) is 0 Å². The average molecular weight is 887 g/mol. The molecule has 0 aromatic heterocycles. The first-order valence-corrected chi connectivity index (χ1v) is 23.2. The summed E-state index contributed by atoms with van der Waals surface area (Å²) >= 11 is 0. The molecule has 51 heavy (non-hydrogen) atoms. The van der Waals surface area contributed by atoms with Gasteiger partial charge in [0.1, 0.15) is 0 Å². The fraction of sp³-hybridized carbons (Fsp3) is 1.00. The van der Waals surface area contributed by atoms with Crippen LogP contribution in [0.5, 0.6) is 0 Å². The van der Waals surface area contributed by atoms with Crippen LogP contribution in [0.1, 0.15) is 104 Å². The van der Waals surface area contributed by atoms with Crippen LogP contribution in [0, 0.1) is 0 Å². The zero-order chi connectivity index (χ0) is 39.1. The van der Waals surface area contributed by atoms with Crippen molar-refractivity contribution in [3.8, 4) is 0 Å². The Bertz CT molecular complexity index is 390. The van der Waals surface area contributed by atoms with Crippen LogP contribution in [0.25, 0.3) is 0 Å². The molecule has 0 atom stereocenters. The zero-order valence-corrected chi connectivity index (χ0v) is 39.9. The van der Waals surface area contributed by atoms with E-state index in [1.807, 2.05) is 104 Å². The van der Waals surface area contributed by atoms with Gasteiger partial charge in [-0.3, -0.25) is 0 Å². The molecular weight excluding hydrogens is 811 g/mol. The van der Waals surface area contributed by atoms with Crippen LogP contribution in [0.15, 0.2) is 0 Å². The van der Waals surface area contributed by atoms with Crippen molar-refractivity contribution in [2.75, 3.05) is 99.1 Å². The van der Waals surface area contributed by atoms with E-state index >= 15 is 0 Å². The summed E-state index contributed by atoms with van der Waals surface area (Å²) in [6.07, 6.45) is 0. The molecule has 318 valence electrons. The van der Waals surface area contributed by atoms with Crippen molar-refractivity contribution in [3.63, 3.8) is 0 Å². The summed E-state index contributed by atoms with van der Waals surface area (Å²) in [6.45, 7) is 38.5. The Balaban J connectivity index is -0.000000123. The first-order chi connectivity index (χ1) is 24.2. The van der Waals surface area contributed by atoms with Gasteiger partial charge in [-0.15, -0.1) is 0 Å². The minimum atomic E-state index is -1.06. The molecule has 0 aliphatic rings. The van der Waals surface area contributed by atoms with Gasteiger partial charge in [0.15, 0.2) is 0 Å². The molecule has 0 aromatic rings. The second kappa shape index (κ2) is 61.3. The van der Waals surface area contributed by atoms with E-state index in [2.05, 4.69) is 0 Å². The molecule has 0 N–H and O–H groups in total. The summed E-state index contributed by atoms with van der Waals surface area (Å²) in [5, 5.41) is 0. The molecule has 0 aliphatic carbocycles. The molecule has 21 heteroatoms. The number of rotatable bonds is 30. The van der Waals surface area contributed by atoms with Gasteiger partial charge in [-0.25, -0.2) is 0 Å². The Labute approximate surface area is 329 Å². The summed E-state index contributed by atoms with van der Waals surface area (Å²) in [6, 6.07) is 0. The molecule has 0 aliphatic heterocycles. The second-order valence-electron chi connectivity index (χ2n) is 7.38. The van der Waals surface area contributed by atoms with Crippen LogP contribution in [-0.2, 0) is 84.9 Å². The van der Waals surface area contributed by atoms with E-state index in [0.717, 1.165) is 0 Å². The van der Waals surface area contributed by atoms with Crippen molar-refractivity contribution in [1.82, 2.24) is 0 Å². The third-order valence-electron chi connectivity index (χ3n) is 3.52. The largest absolute Gasteiger partial charge is 0.332 e. The van der Waals surface area contributed by atoms with Crippen molar-refractivity contribution in [1.29, 1.82) is 0 Å². The van der Waals surface area contributed by atoms with Gasteiger partial charge in [-0.05, 0) is 104 Å². The number of hydrogen-bond acceptors (Lipinski definition) is 15. The molecular formula is C30H75FeO15P5. The Morgan fingerprint density at radius 2 is 0.235 bits per heavy atom. The summed E-state index contributed by atoms with van der Waals surface area (Å²) in [4.78, 5) is 0. The summed E-state index contributed by atoms with van der Waals surface area (Å²) in [5.74, 6) is 0. The van der Waals surface area contributed by atoms with Gasteiger partial charge in [0.05, 0.1) is 99.1 Å². The van der Waals surface area contributed by atoms with Crippen molar-refractivity contribution >= 4 is 43.0 Å². The molecule has 0 fully saturated rings. The van der Waals surface area contributed by atoms with E-state index in [-0.39, 0.29) is 17.1 Å². The van der Waals surface area contributed by atoms with Gasteiger partial charge in [0, 0.05) is 17.1 Å². The Morgan fingerprint density at radius 3 is 0.275 bits per heavy atom. The molecule has 0 amide bonds. The van der Waals surface area contributed by atoms with Gasteiger partial charge < -0.3 is 67.9 Å². The standard InChI is InChI=1S/5C6H15O3P.Fe/c5*1-4-7-10(8-5-2)9-6-3;/h5*4-6H2,1-3H3;. The summed E-state index contributed by atoms with van der Waals surface area (Å²) < 4.78 is 77.1. The Morgan fingerprint density at radius 1 is 0.176 bits per heavy atom. The van der Waals surface area contributed by atoms with E-state index in [1.165, 1.54) is 0 Å². The van der Waals surface area contributed by atoms with Gasteiger partial charge in [0.2, 0.25) is 0 Å². The van der Waals surface area contributed by atoms with Gasteiger partial charge in [0.25, 0.3) is 0 Å². The maximum atomic E-state index is 5.14. The van der Waals surface area contributed by atoms with Gasteiger partial charge in [-0.2, -0.15) is 0 Å². The van der Waals surface area contributed by atoms with Crippen LogP contribution in [0.4, 0.5) is 0 Å². The fourth-order valence-corrected chi connectivity index (χ4v) is 6.42. The maximum absolute atomic E-state index is 5.14. The third-order valence-corrected chi connectivity index (χ3v) is 10.6. The minimum Gasteiger partial charge on any atom is -0.313 e. The van der Waals surface area contributed by atoms with E-state index in [4.69, 9.17) is 67.9 Å². The third kappa shape index (κ3) is 58.9. The summed E-state index contributed by atoms with van der Waals surface area (Å²) in [5.41, 5.74) is 0. The van der Waals surface area contributed by atoms with Crippen molar-refractivity contribution in [2.45, 2.75) is 104 Å². The first-order valence-electron chi connectivity index (χ1n) is 17.7. The molecule has 0 heterocycles. The SMILES string of the molecule is CCOP(OCC)OCC.CCOP(OCC)OCC.CCOP(OCC)OCC.CCOP(OCC)OCC.CCOP(OCC)OCC.[Fe]. The quantitative estimate of drug-likeness (QED) is 0.0499. The second-order valence-corrected chi connectivity index (χ2v) is 13.5. The topological polar surface area (TPSA) is 138 Å². The molecule has 0 saturated carbocycles. The molecule has 0 saturated heterocycles. The van der Waals surface area contributed by atoms with Gasteiger partial charge in [-0.1, -0.05) is 0 Å². The van der Waals surface area contributed by atoms with Crippen molar-refractivity contribution in [3.05, 3.63) is 0 Å². The fourth-order valence-electron chi connectivity index (χ4n) is 2.14. The van der Waals surface area contributed by atoms with Crippen molar-refractivity contribution < 1.29 is 84.9 Å². The molecule has 0 aromatic carbocycles. The number of hydrogen-bond donors (Lipinski definition) is 0. The van der Waals surface area contributed by atoms with E-state index in [0.29, 0.717) is 99.1 Å². The van der Waals surface area contributed by atoms with Gasteiger partial charge >= 0.3 is 43.0 Å². The maximum Gasteiger partial charge on any atom is 0.332 e. The molecule has 0 unspecified atom stereocenters. The zero-order valence-electron chi connectivity index (χ0n) is 34.3. The van der Waals surface area contributed by atoms with Crippen LogP contribution in [0.2, 0.25) is 0 Å². The molecule has 0 spiro atoms. The predicted molar refractivity (Wildman–Crippen MR) is 209 cm³/mol. The molecule has 0 rings (SSSR count). The minimum absolute atomic E-state index is 0. The Kier molecular flexibility index (Phi) is 78.1. The van der Waals surface area contributed by atoms with Crippen LogP contribution >= 0.6 is 43.0 Å². The monoisotopic (exact) mass is 886 g/mol. The van der Waals surface area contributed by atoms with Crippen molar-refractivity contribution in [2.24, 2.45) is 0 Å².